The van der Waals surface area contributed by atoms with E-state index in [9.17, 15) is 0 Å². The van der Waals surface area contributed by atoms with Crippen LogP contribution in [0.15, 0.2) is 18.2 Å². The van der Waals surface area contributed by atoms with Gasteiger partial charge in [-0.15, -0.1) is 5.10 Å². The first-order valence-electron chi connectivity index (χ1n) is 6.12. The van der Waals surface area contributed by atoms with Crippen molar-refractivity contribution in [3.05, 3.63) is 35.0 Å². The summed E-state index contributed by atoms with van der Waals surface area (Å²) in [6, 6.07) is 6.53. The third-order valence-electron chi connectivity index (χ3n) is 3.45. The van der Waals surface area contributed by atoms with E-state index in [0.29, 0.717) is 5.82 Å². The summed E-state index contributed by atoms with van der Waals surface area (Å²) in [7, 11) is 0. The molecule has 88 valence electrons. The number of hydrogen-bond acceptors (Lipinski definition) is 3. The molecule has 0 bridgehead atoms. The van der Waals surface area contributed by atoms with E-state index in [4.69, 9.17) is 5.73 Å². The van der Waals surface area contributed by atoms with Crippen LogP contribution in [0.3, 0.4) is 0 Å². The van der Waals surface area contributed by atoms with Crippen molar-refractivity contribution < 1.29 is 0 Å². The summed E-state index contributed by atoms with van der Waals surface area (Å²) in [5.74, 6) is 0.535. The molecule has 0 atom stereocenters. The van der Waals surface area contributed by atoms with Crippen molar-refractivity contribution in [2.24, 2.45) is 0 Å². The lowest BCUT2D eigenvalue weighted by Crippen LogP contribution is -2.03. The Hall–Kier alpha value is -1.84. The van der Waals surface area contributed by atoms with Gasteiger partial charge in [-0.05, 0) is 48.9 Å². The first kappa shape index (κ1) is 10.3. The summed E-state index contributed by atoms with van der Waals surface area (Å²) in [4.78, 5) is 0. The highest BCUT2D eigenvalue weighted by atomic mass is 15.4. The SMILES string of the molecule is CCc1c(N)nnn1-c1ccc2c(c1)CCC2. The lowest BCUT2D eigenvalue weighted by Gasteiger charge is -2.07. The van der Waals surface area contributed by atoms with Gasteiger partial charge in [0.05, 0.1) is 11.4 Å². The fourth-order valence-electron chi connectivity index (χ4n) is 2.54. The molecule has 0 unspecified atom stereocenters. The zero-order valence-corrected chi connectivity index (χ0v) is 9.98. The average Bonchev–Trinajstić information content (AvgIpc) is 2.93. The maximum absolute atomic E-state index is 5.81. The van der Waals surface area contributed by atoms with Crippen LogP contribution in [0.4, 0.5) is 5.82 Å². The van der Waals surface area contributed by atoms with Gasteiger partial charge in [0.2, 0.25) is 0 Å². The Bertz CT molecular complexity index is 557. The highest BCUT2D eigenvalue weighted by Gasteiger charge is 2.14. The summed E-state index contributed by atoms with van der Waals surface area (Å²) in [6.45, 7) is 2.07. The van der Waals surface area contributed by atoms with E-state index in [1.54, 1.807) is 0 Å². The van der Waals surface area contributed by atoms with Crippen LogP contribution in [0.5, 0.6) is 0 Å². The Morgan fingerprint density at radius 1 is 1.29 bits per heavy atom. The molecular weight excluding hydrogens is 212 g/mol. The molecule has 4 heteroatoms. The van der Waals surface area contributed by atoms with Crippen LogP contribution in [0.25, 0.3) is 5.69 Å². The summed E-state index contributed by atoms with van der Waals surface area (Å²) < 4.78 is 1.86. The van der Waals surface area contributed by atoms with Crippen molar-refractivity contribution in [2.75, 3.05) is 5.73 Å². The van der Waals surface area contributed by atoms with Crippen molar-refractivity contribution in [3.8, 4) is 5.69 Å². The van der Waals surface area contributed by atoms with Crippen molar-refractivity contribution in [3.63, 3.8) is 0 Å². The van der Waals surface area contributed by atoms with E-state index in [0.717, 1.165) is 17.8 Å². The second kappa shape index (κ2) is 3.87. The predicted octanol–water partition coefficient (Wildman–Crippen LogP) is 1.90. The molecule has 3 rings (SSSR count). The topological polar surface area (TPSA) is 56.7 Å². The number of rotatable bonds is 2. The quantitative estimate of drug-likeness (QED) is 0.854. The zero-order chi connectivity index (χ0) is 11.8. The maximum atomic E-state index is 5.81. The van der Waals surface area contributed by atoms with Crippen LogP contribution in [0.1, 0.15) is 30.2 Å². The number of fused-ring (bicyclic) bond motifs is 1. The second-order valence-electron chi connectivity index (χ2n) is 4.49. The molecule has 1 aliphatic rings. The largest absolute Gasteiger partial charge is 0.381 e. The molecule has 1 heterocycles. The third-order valence-corrected chi connectivity index (χ3v) is 3.45. The van der Waals surface area contributed by atoms with Crippen LogP contribution in [0.2, 0.25) is 0 Å². The molecule has 2 N–H and O–H groups in total. The first-order valence-corrected chi connectivity index (χ1v) is 6.12. The Kier molecular flexibility index (Phi) is 2.35. The van der Waals surface area contributed by atoms with Crippen LogP contribution in [-0.2, 0) is 19.3 Å². The molecule has 0 spiro atoms. The molecule has 17 heavy (non-hydrogen) atoms. The number of aromatic nitrogens is 3. The van der Waals surface area contributed by atoms with Gasteiger partial charge in [0.25, 0.3) is 0 Å². The third kappa shape index (κ3) is 1.60. The number of hydrogen-bond donors (Lipinski definition) is 1. The number of nitrogens with zero attached hydrogens (tertiary/aromatic N) is 3. The standard InChI is InChI=1S/C13H16N4/c1-2-12-13(14)15-16-17(12)11-7-6-9-4-3-5-10(9)8-11/h6-8H,2-5,14H2,1H3. The minimum atomic E-state index is 0.535. The van der Waals surface area contributed by atoms with E-state index >= 15 is 0 Å². The zero-order valence-electron chi connectivity index (χ0n) is 9.98. The van der Waals surface area contributed by atoms with Crippen LogP contribution < -0.4 is 5.73 Å². The molecule has 1 aromatic heterocycles. The van der Waals surface area contributed by atoms with Gasteiger partial charge in [-0.2, -0.15) is 0 Å². The first-order chi connectivity index (χ1) is 8.29. The van der Waals surface area contributed by atoms with Crippen LogP contribution >= 0.6 is 0 Å². The molecule has 1 aromatic carbocycles. The second-order valence-corrected chi connectivity index (χ2v) is 4.49. The predicted molar refractivity (Wildman–Crippen MR) is 67.2 cm³/mol. The van der Waals surface area contributed by atoms with Crippen LogP contribution in [-0.4, -0.2) is 15.0 Å². The molecule has 4 nitrogen and oxygen atoms in total. The number of nitrogens with two attached hydrogens (primary N) is 1. The van der Waals surface area contributed by atoms with E-state index in [-0.39, 0.29) is 0 Å². The monoisotopic (exact) mass is 228 g/mol. The average molecular weight is 228 g/mol. The molecule has 0 radical (unpaired) electrons. The minimum Gasteiger partial charge on any atom is -0.381 e. The molecule has 0 aliphatic heterocycles. The van der Waals surface area contributed by atoms with E-state index in [1.165, 1.54) is 30.4 Å². The van der Waals surface area contributed by atoms with Crippen molar-refractivity contribution >= 4 is 5.82 Å². The maximum Gasteiger partial charge on any atom is 0.169 e. The fourth-order valence-corrected chi connectivity index (χ4v) is 2.54. The smallest absolute Gasteiger partial charge is 0.169 e. The lowest BCUT2D eigenvalue weighted by molar-refractivity contribution is 0.766. The summed E-state index contributed by atoms with van der Waals surface area (Å²) >= 11 is 0. The Balaban J connectivity index is 2.09. The van der Waals surface area contributed by atoms with E-state index < -0.39 is 0 Å². The molecule has 0 saturated heterocycles. The Morgan fingerprint density at radius 2 is 2.12 bits per heavy atom. The Labute approximate surface area is 100 Å². The molecule has 0 fully saturated rings. The summed E-state index contributed by atoms with van der Waals surface area (Å²) in [5.41, 5.74) is 10.8. The molecule has 1 aliphatic carbocycles. The number of benzene rings is 1. The Morgan fingerprint density at radius 3 is 2.94 bits per heavy atom. The molecular formula is C13H16N4. The van der Waals surface area contributed by atoms with Crippen molar-refractivity contribution in [2.45, 2.75) is 32.6 Å². The number of aryl methyl sites for hydroxylation is 2. The summed E-state index contributed by atoms with van der Waals surface area (Å²) in [6.07, 6.45) is 4.49. The minimum absolute atomic E-state index is 0.535. The van der Waals surface area contributed by atoms with Gasteiger partial charge in [-0.3, -0.25) is 0 Å². The van der Waals surface area contributed by atoms with E-state index in [1.807, 2.05) is 4.68 Å². The summed E-state index contributed by atoms with van der Waals surface area (Å²) in [5, 5.41) is 8.07. The normalized spacial score (nSPS) is 13.9. The number of nitrogen functional groups attached to an aromatic ring is 1. The molecule has 0 saturated carbocycles. The molecule has 0 amide bonds. The fraction of sp³-hybridized carbons (Fsp3) is 0.385. The number of anilines is 1. The highest BCUT2D eigenvalue weighted by Crippen LogP contribution is 2.25. The van der Waals surface area contributed by atoms with Gasteiger partial charge >= 0.3 is 0 Å². The van der Waals surface area contributed by atoms with Gasteiger partial charge < -0.3 is 5.73 Å². The van der Waals surface area contributed by atoms with Gasteiger partial charge in [-0.25, -0.2) is 4.68 Å². The highest BCUT2D eigenvalue weighted by molar-refractivity contribution is 5.46. The lowest BCUT2D eigenvalue weighted by atomic mass is 10.1. The van der Waals surface area contributed by atoms with Gasteiger partial charge in [-0.1, -0.05) is 18.2 Å². The van der Waals surface area contributed by atoms with Gasteiger partial charge in [0.15, 0.2) is 5.82 Å². The van der Waals surface area contributed by atoms with Gasteiger partial charge in [0.1, 0.15) is 0 Å². The van der Waals surface area contributed by atoms with Gasteiger partial charge in [0, 0.05) is 0 Å². The van der Waals surface area contributed by atoms with Crippen molar-refractivity contribution in [1.82, 2.24) is 15.0 Å². The van der Waals surface area contributed by atoms with Crippen molar-refractivity contribution in [1.29, 1.82) is 0 Å². The van der Waals surface area contributed by atoms with E-state index in [2.05, 4.69) is 35.4 Å². The molecule has 2 aromatic rings. The van der Waals surface area contributed by atoms with Crippen LogP contribution in [0, 0.1) is 0 Å².